The Morgan fingerprint density at radius 2 is 0.989 bits per heavy atom. The molecule has 4 aliphatic heterocycles. The van der Waals surface area contributed by atoms with Gasteiger partial charge in [-0.2, -0.15) is 0 Å². The summed E-state index contributed by atoms with van der Waals surface area (Å²) in [5, 5.41) is 25.5. The molecule has 91 heavy (non-hydrogen) atoms. The van der Waals surface area contributed by atoms with Gasteiger partial charge in [0.2, 0.25) is 0 Å². The van der Waals surface area contributed by atoms with E-state index >= 15 is 0 Å². The van der Waals surface area contributed by atoms with Crippen LogP contribution in [0.2, 0.25) is 0 Å². The lowest BCUT2D eigenvalue weighted by molar-refractivity contribution is -0.402. The molecule has 4 fully saturated rings. The molecule has 16 atom stereocenters. The number of carbonyl (C=O) groups is 5. The largest absolute Gasteiger partial charge is 0.508 e. The number of esters is 3. The summed E-state index contributed by atoms with van der Waals surface area (Å²) in [6.07, 6.45) is -25.3. The zero-order valence-corrected chi connectivity index (χ0v) is 49.8. The molecule has 0 radical (unpaired) electrons. The molecule has 0 saturated carbocycles. The Morgan fingerprint density at radius 3 is 1.55 bits per heavy atom. The first kappa shape index (κ1) is 65.9. The Labute approximate surface area is 525 Å². The van der Waals surface area contributed by atoms with E-state index in [1.807, 2.05) is 42.5 Å². The van der Waals surface area contributed by atoms with E-state index in [4.69, 9.17) is 71.1 Å². The van der Waals surface area contributed by atoms with Crippen molar-refractivity contribution in [3.63, 3.8) is 0 Å². The first-order valence-corrected chi connectivity index (χ1v) is 29.9. The summed E-state index contributed by atoms with van der Waals surface area (Å²) in [5.41, 5.74) is 2.79. The van der Waals surface area contributed by atoms with Gasteiger partial charge in [-0.05, 0) is 41.0 Å². The molecule has 0 aliphatic carbocycles. The average molecular weight is 1250 g/mol. The van der Waals surface area contributed by atoms with Crippen LogP contribution in [0, 0.1) is 0 Å². The van der Waals surface area contributed by atoms with Crippen LogP contribution in [-0.2, 0) is 100 Å². The van der Waals surface area contributed by atoms with Gasteiger partial charge in [0.1, 0.15) is 93.1 Å². The van der Waals surface area contributed by atoms with Gasteiger partial charge in [0.05, 0.1) is 37.6 Å². The maximum atomic E-state index is 14.9. The van der Waals surface area contributed by atoms with E-state index in [9.17, 15) is 34.2 Å². The van der Waals surface area contributed by atoms with Crippen molar-refractivity contribution in [3.05, 3.63) is 228 Å². The fourth-order valence-corrected chi connectivity index (χ4v) is 10.7. The highest BCUT2D eigenvalue weighted by atomic mass is 16.8. The van der Waals surface area contributed by atoms with Crippen LogP contribution in [0.3, 0.4) is 0 Å². The lowest BCUT2D eigenvalue weighted by Gasteiger charge is -2.51. The van der Waals surface area contributed by atoms with Crippen molar-refractivity contribution in [1.29, 1.82) is 0 Å². The highest BCUT2D eigenvalue weighted by Crippen LogP contribution is 2.41. The van der Waals surface area contributed by atoms with Gasteiger partial charge in [0, 0.05) is 12.0 Å². The number of fused-ring (bicyclic) bond motifs is 1. The molecule has 0 bridgehead atoms. The number of ether oxygens (including phenoxy) is 15. The van der Waals surface area contributed by atoms with E-state index in [2.05, 4.69) is 6.58 Å². The summed E-state index contributed by atoms with van der Waals surface area (Å²) < 4.78 is 96.1. The van der Waals surface area contributed by atoms with E-state index in [1.165, 1.54) is 30.3 Å². The minimum atomic E-state index is -1.96. The minimum Gasteiger partial charge on any atom is -0.462 e. The summed E-state index contributed by atoms with van der Waals surface area (Å²) in [5.74, 6) is -3.19. The molecule has 0 spiro atoms. The lowest BCUT2D eigenvalue weighted by Crippen LogP contribution is -2.69. The third kappa shape index (κ3) is 17.7. The smallest absolute Gasteiger partial charge is 0.462 e. The molecule has 0 aromatic heterocycles. The van der Waals surface area contributed by atoms with Gasteiger partial charge < -0.3 is 81.3 Å². The van der Waals surface area contributed by atoms with Gasteiger partial charge in [0.15, 0.2) is 37.4 Å². The number of rotatable bonds is 27. The fraction of sp³-hybridized carbons (Fsp3) is 0.377. The minimum absolute atomic E-state index is 0.0194. The van der Waals surface area contributed by atoms with Crippen molar-refractivity contribution in [2.75, 3.05) is 26.4 Å². The molecule has 22 heteroatoms. The topological polar surface area (TPSA) is 264 Å². The van der Waals surface area contributed by atoms with Gasteiger partial charge in [0.25, 0.3) is 0 Å². The molecule has 480 valence electrons. The standard InChI is InChI=1S/C69H72O22/c1-3-35-77-69(76)83-42-51-57(80-38-44-25-13-6-14-26-44)61(91-67-60(87-63(74)46-29-17-8-18-30-46)54(72)56(79-37-43-23-11-5-12-24-43)50(85-67)40-78-53(71)36-49(70)4-2)62(88-64(75)47-31-19-9-20-32-47)68(86-51)90-59-55(73)66(81-39-45-27-15-7-16-28-45)84-52-41-82-65(89-58(52)59)48-33-21-10-22-34-48/h3,5-34,50-52,54-62,65-68,72-73H,1,4,35-42H2,2H3/t50-,51-,52-,54+,55-,56-,57-,58-,59-,60-,61+,62-,65?,66-,67+,68+/m1/s1. The van der Waals surface area contributed by atoms with E-state index in [0.717, 1.165) is 5.56 Å². The van der Waals surface area contributed by atoms with E-state index in [-0.39, 0.29) is 50.6 Å². The van der Waals surface area contributed by atoms with Crippen molar-refractivity contribution in [2.45, 2.75) is 138 Å². The lowest BCUT2D eigenvalue weighted by atomic mass is 9.94. The summed E-state index contributed by atoms with van der Waals surface area (Å²) in [7, 11) is 0. The molecule has 4 heterocycles. The Kier molecular flexibility index (Phi) is 23.7. The molecule has 10 rings (SSSR count). The van der Waals surface area contributed by atoms with Crippen molar-refractivity contribution >= 4 is 29.8 Å². The molecule has 6 aromatic carbocycles. The third-order valence-electron chi connectivity index (χ3n) is 15.3. The summed E-state index contributed by atoms with van der Waals surface area (Å²) in [6.45, 7) is 3.25. The van der Waals surface area contributed by atoms with Gasteiger partial charge >= 0.3 is 24.1 Å². The Balaban J connectivity index is 1.09. The zero-order valence-electron chi connectivity index (χ0n) is 49.8. The Bertz CT molecular complexity index is 3260. The van der Waals surface area contributed by atoms with Gasteiger partial charge in [-0.15, -0.1) is 0 Å². The van der Waals surface area contributed by atoms with Crippen LogP contribution < -0.4 is 0 Å². The quantitative estimate of drug-likeness (QED) is 0.0215. The number of benzene rings is 6. The number of hydrogen-bond donors (Lipinski definition) is 2. The molecule has 22 nitrogen and oxygen atoms in total. The number of hydrogen-bond acceptors (Lipinski definition) is 22. The van der Waals surface area contributed by atoms with E-state index in [1.54, 1.807) is 122 Å². The van der Waals surface area contributed by atoms with E-state index in [0.29, 0.717) is 16.7 Å². The second-order valence-electron chi connectivity index (χ2n) is 21.7. The zero-order chi connectivity index (χ0) is 63.5. The normalized spacial score (nSPS) is 27.9. The predicted molar refractivity (Wildman–Crippen MR) is 319 cm³/mol. The summed E-state index contributed by atoms with van der Waals surface area (Å²) in [6, 6.07) is 51.9. The molecule has 0 amide bonds. The Hall–Kier alpha value is -8.07. The summed E-state index contributed by atoms with van der Waals surface area (Å²) >= 11 is 0. The van der Waals surface area contributed by atoms with Crippen molar-refractivity contribution in [2.24, 2.45) is 0 Å². The van der Waals surface area contributed by atoms with Crippen LogP contribution in [0.25, 0.3) is 0 Å². The third-order valence-corrected chi connectivity index (χ3v) is 15.3. The van der Waals surface area contributed by atoms with Crippen LogP contribution in [0.4, 0.5) is 4.79 Å². The van der Waals surface area contributed by atoms with Crippen LogP contribution in [-0.4, -0.2) is 159 Å². The van der Waals surface area contributed by atoms with Crippen LogP contribution in [0.1, 0.15) is 69.0 Å². The highest BCUT2D eigenvalue weighted by Gasteiger charge is 2.59. The summed E-state index contributed by atoms with van der Waals surface area (Å²) in [4.78, 5) is 68.5. The highest BCUT2D eigenvalue weighted by molar-refractivity contribution is 5.95. The second-order valence-corrected chi connectivity index (χ2v) is 21.7. The molecule has 6 aromatic rings. The van der Waals surface area contributed by atoms with Crippen LogP contribution in [0.5, 0.6) is 0 Å². The first-order chi connectivity index (χ1) is 44.4. The van der Waals surface area contributed by atoms with E-state index < -0.39 is 148 Å². The molecule has 1 unspecified atom stereocenters. The number of Topliss-reactive ketones (excluding diaryl/α,β-unsaturated/α-hetero) is 1. The fourth-order valence-electron chi connectivity index (χ4n) is 10.7. The second kappa shape index (κ2) is 32.8. The number of ketones is 1. The SMILES string of the molecule is C=CCOC(=O)OC[C@H]1O[C@@H](O[C@@H]2[C@@H](O)[C@H](OCc3ccccc3)O[C@@H]3COC(c4ccccc4)O[C@@H]23)[C@H](OC(=O)c2ccccc2)[C@@H](O[C@@H]2O[C@H](COC(=O)CC(=O)CC)[C@@H](OCc3ccccc3)[C@H](O)[C@H]2OC(=O)c2ccccc2)[C@@H]1OCc1ccccc1. The number of aliphatic hydroxyl groups excluding tert-OH is 2. The first-order valence-electron chi connectivity index (χ1n) is 29.9. The molecule has 4 aliphatic rings. The van der Waals surface area contributed by atoms with Crippen molar-refractivity contribution in [3.8, 4) is 0 Å². The van der Waals surface area contributed by atoms with Crippen LogP contribution >= 0.6 is 0 Å². The maximum Gasteiger partial charge on any atom is 0.508 e. The van der Waals surface area contributed by atoms with Crippen molar-refractivity contribution in [1.82, 2.24) is 0 Å². The van der Waals surface area contributed by atoms with Gasteiger partial charge in [-0.1, -0.05) is 177 Å². The maximum absolute atomic E-state index is 14.9. The van der Waals surface area contributed by atoms with Gasteiger partial charge in [-0.25, -0.2) is 14.4 Å². The molecule has 4 saturated heterocycles. The predicted octanol–water partition coefficient (Wildman–Crippen LogP) is 7.86. The monoisotopic (exact) mass is 1250 g/mol. The van der Waals surface area contributed by atoms with Gasteiger partial charge in [-0.3, -0.25) is 9.59 Å². The number of aliphatic hydroxyl groups is 2. The molecular formula is C69H72O22. The average Bonchev–Trinajstić information content (AvgIpc) is 1.20. The number of carbonyl (C=O) groups excluding carboxylic acids is 5. The molecule has 2 N–H and O–H groups in total. The van der Waals surface area contributed by atoms with Crippen LogP contribution in [0.15, 0.2) is 195 Å². The Morgan fingerprint density at radius 1 is 0.505 bits per heavy atom. The molecular weight excluding hydrogens is 1180 g/mol. The van der Waals surface area contributed by atoms with Crippen molar-refractivity contribution < 1.29 is 105 Å².